The average Bonchev–Trinajstić information content (AvgIpc) is 3.41. The lowest BCUT2D eigenvalue weighted by Crippen LogP contribution is -2.29. The molecule has 12 heteroatoms. The van der Waals surface area contributed by atoms with Gasteiger partial charge in [0.25, 0.3) is 0 Å². The van der Waals surface area contributed by atoms with E-state index in [9.17, 15) is 29.2 Å². The highest BCUT2D eigenvalue weighted by Crippen LogP contribution is 2.36. The lowest BCUT2D eigenvalue weighted by Gasteiger charge is -2.19. The van der Waals surface area contributed by atoms with Crippen LogP contribution in [0.25, 0.3) is 0 Å². The van der Waals surface area contributed by atoms with Crippen molar-refractivity contribution >= 4 is 25.5 Å². The highest BCUT2D eigenvalue weighted by Gasteiger charge is 2.39. The molecular weight excluding hydrogens is 723 g/mol. The van der Waals surface area contributed by atoms with Crippen LogP contribution < -0.4 is 0 Å². The van der Waals surface area contributed by atoms with E-state index in [-0.39, 0.29) is 37.6 Å². The summed E-state index contributed by atoms with van der Waals surface area (Å²) in [6.07, 6.45) is 34.2. The lowest BCUT2D eigenvalue weighted by atomic mass is 9.88. The molecule has 0 amide bonds. The van der Waals surface area contributed by atoms with E-state index in [0.29, 0.717) is 38.5 Å². The molecule has 314 valence electrons. The van der Waals surface area contributed by atoms with E-state index in [4.69, 9.17) is 19.3 Å². The number of unbranched alkanes of at least 4 members (excludes halogenated alkanes) is 9. The van der Waals surface area contributed by atoms with Gasteiger partial charge in [-0.2, -0.15) is 0 Å². The smallest absolute Gasteiger partial charge is 0.462 e. The molecule has 4 N–H and O–H groups in total. The van der Waals surface area contributed by atoms with Crippen LogP contribution in [0.2, 0.25) is 0 Å². The van der Waals surface area contributed by atoms with Crippen molar-refractivity contribution in [3.63, 3.8) is 0 Å². The summed E-state index contributed by atoms with van der Waals surface area (Å²) in [6.45, 7) is 3.30. The molecule has 1 rings (SSSR count). The molecule has 0 radical (unpaired) electrons. The van der Waals surface area contributed by atoms with Gasteiger partial charge in [0.2, 0.25) is 0 Å². The fourth-order valence-electron chi connectivity index (χ4n) is 6.27. The number of phosphoric acid groups is 1. The van der Waals surface area contributed by atoms with E-state index in [1.165, 1.54) is 19.3 Å². The SMILES string of the molecule is CCCCC/C=C\C/C=C\C/C=C\C/C=C\CCCC(=O)OC[C@H](COP(=O)(O)O)OC(=O)CCCCCC[C@H]1[C@@H](O)CC(=O)[C@@H]1/C=C/[C@@H](O)CCCCC. The molecule has 1 aliphatic rings. The summed E-state index contributed by atoms with van der Waals surface area (Å²) in [5, 5.41) is 20.7. The average molecular weight is 795 g/mol. The van der Waals surface area contributed by atoms with Gasteiger partial charge < -0.3 is 29.5 Å². The van der Waals surface area contributed by atoms with Crippen molar-refractivity contribution in [3.8, 4) is 0 Å². The third-order valence-electron chi connectivity index (χ3n) is 9.42. The van der Waals surface area contributed by atoms with Gasteiger partial charge in [-0.15, -0.1) is 0 Å². The van der Waals surface area contributed by atoms with Crippen molar-refractivity contribution in [2.24, 2.45) is 11.8 Å². The molecule has 5 atom stereocenters. The minimum absolute atomic E-state index is 0.0114. The highest BCUT2D eigenvalue weighted by atomic mass is 31.2. The number of carbonyl (C=O) groups excluding carboxylic acids is 3. The summed E-state index contributed by atoms with van der Waals surface area (Å²) in [5.74, 6) is -1.73. The second kappa shape index (κ2) is 32.4. The lowest BCUT2D eigenvalue weighted by molar-refractivity contribution is -0.161. The zero-order chi connectivity index (χ0) is 40.6. The van der Waals surface area contributed by atoms with Gasteiger partial charge in [0, 0.05) is 25.2 Å². The standard InChI is InChI=1S/C43H71O11P/c1-3-5-7-8-9-10-11-12-13-14-15-16-17-18-19-20-25-29-42(47)52-34-37(35-53-55(49,50)51)54-43(48)30-26-22-21-24-28-38-39(41(46)33-40(38)45)32-31-36(44)27-23-6-4-2/h9-10,12-13,15-16,18-19,31-32,36-40,44-45H,3-8,11,14,17,20-30,33-35H2,1-2H3,(H2,49,50,51)/b10-9-,13-12-,16-15-,19-18-,32-31+/t36-,37+,38+,39+,40-/m0/s1. The van der Waals surface area contributed by atoms with E-state index < -0.39 is 50.6 Å². The number of esters is 2. The minimum atomic E-state index is -4.84. The number of carbonyl (C=O) groups is 3. The van der Waals surface area contributed by atoms with Gasteiger partial charge in [-0.3, -0.25) is 18.9 Å². The quantitative estimate of drug-likeness (QED) is 0.0216. The van der Waals surface area contributed by atoms with Gasteiger partial charge in [-0.1, -0.05) is 126 Å². The Morgan fingerprint density at radius 3 is 1.98 bits per heavy atom. The van der Waals surface area contributed by atoms with Crippen LogP contribution >= 0.6 is 7.82 Å². The number of Topliss-reactive ketones (excluding diaryl/α,β-unsaturated/α-hetero) is 1. The van der Waals surface area contributed by atoms with Gasteiger partial charge >= 0.3 is 19.8 Å². The van der Waals surface area contributed by atoms with Gasteiger partial charge in [0.1, 0.15) is 12.4 Å². The van der Waals surface area contributed by atoms with E-state index in [0.717, 1.165) is 57.8 Å². The third-order valence-corrected chi connectivity index (χ3v) is 9.90. The van der Waals surface area contributed by atoms with Gasteiger partial charge in [-0.25, -0.2) is 4.57 Å². The van der Waals surface area contributed by atoms with Gasteiger partial charge in [-0.05, 0) is 70.1 Å². The fourth-order valence-corrected chi connectivity index (χ4v) is 6.63. The fraction of sp³-hybridized carbons (Fsp3) is 0.698. The van der Waals surface area contributed by atoms with Crippen molar-refractivity contribution in [1.82, 2.24) is 0 Å². The number of hydrogen-bond acceptors (Lipinski definition) is 9. The van der Waals surface area contributed by atoms with Crippen molar-refractivity contribution in [1.29, 1.82) is 0 Å². The molecule has 0 aromatic rings. The second-order valence-electron chi connectivity index (χ2n) is 14.4. The number of allylic oxidation sites excluding steroid dienone is 9. The first kappa shape index (κ1) is 50.4. The molecule has 0 heterocycles. The summed E-state index contributed by atoms with van der Waals surface area (Å²) in [4.78, 5) is 55.5. The molecule has 0 unspecified atom stereocenters. The van der Waals surface area contributed by atoms with Crippen LogP contribution in [0.3, 0.4) is 0 Å². The summed E-state index contributed by atoms with van der Waals surface area (Å²) in [7, 11) is -4.84. The largest absolute Gasteiger partial charge is 0.469 e. The predicted octanol–water partition coefficient (Wildman–Crippen LogP) is 9.10. The number of rotatable bonds is 33. The number of hydrogen-bond donors (Lipinski definition) is 4. The molecule has 1 saturated carbocycles. The maximum atomic E-state index is 12.5. The summed E-state index contributed by atoms with van der Waals surface area (Å²) in [6, 6.07) is 0. The number of aliphatic hydroxyl groups is 2. The van der Waals surface area contributed by atoms with Crippen molar-refractivity contribution in [2.45, 2.75) is 167 Å². The first-order valence-corrected chi connectivity index (χ1v) is 22.2. The van der Waals surface area contributed by atoms with Crippen LogP contribution in [-0.2, 0) is 32.9 Å². The highest BCUT2D eigenvalue weighted by molar-refractivity contribution is 7.46. The number of phosphoric ester groups is 1. The maximum absolute atomic E-state index is 12.5. The van der Waals surface area contributed by atoms with Crippen LogP contribution in [-0.4, -0.2) is 69.2 Å². The van der Waals surface area contributed by atoms with Crippen LogP contribution in [0, 0.1) is 11.8 Å². The van der Waals surface area contributed by atoms with Crippen molar-refractivity contribution in [2.75, 3.05) is 13.2 Å². The second-order valence-corrected chi connectivity index (χ2v) is 15.6. The topological polar surface area (TPSA) is 177 Å². The van der Waals surface area contributed by atoms with Gasteiger partial charge in [0.05, 0.1) is 18.8 Å². The Bertz CT molecular complexity index is 1230. The Balaban J connectivity index is 2.32. The van der Waals surface area contributed by atoms with Gasteiger partial charge in [0.15, 0.2) is 6.10 Å². The first-order chi connectivity index (χ1) is 26.5. The predicted molar refractivity (Wildman–Crippen MR) is 217 cm³/mol. The van der Waals surface area contributed by atoms with Crippen LogP contribution in [0.4, 0.5) is 0 Å². The molecule has 55 heavy (non-hydrogen) atoms. The third kappa shape index (κ3) is 28.4. The van der Waals surface area contributed by atoms with E-state index >= 15 is 0 Å². The molecule has 11 nitrogen and oxygen atoms in total. The van der Waals surface area contributed by atoms with Crippen molar-refractivity contribution in [3.05, 3.63) is 60.8 Å². The number of aliphatic hydroxyl groups excluding tert-OH is 2. The molecular formula is C43H71O11P. The Kier molecular flexibility index (Phi) is 29.7. The first-order valence-electron chi connectivity index (χ1n) is 20.7. The molecule has 0 spiro atoms. The number of ketones is 1. The van der Waals surface area contributed by atoms with E-state index in [2.05, 4.69) is 54.8 Å². The Morgan fingerprint density at radius 1 is 0.764 bits per heavy atom. The molecule has 0 bridgehead atoms. The van der Waals surface area contributed by atoms with Crippen LogP contribution in [0.5, 0.6) is 0 Å². The summed E-state index contributed by atoms with van der Waals surface area (Å²) < 4.78 is 26.3. The minimum Gasteiger partial charge on any atom is -0.462 e. The molecule has 1 fully saturated rings. The molecule has 0 saturated heterocycles. The van der Waals surface area contributed by atoms with Crippen molar-refractivity contribution < 1.29 is 52.9 Å². The monoisotopic (exact) mass is 794 g/mol. The summed E-state index contributed by atoms with van der Waals surface area (Å²) in [5.41, 5.74) is 0. The summed E-state index contributed by atoms with van der Waals surface area (Å²) >= 11 is 0. The Labute approximate surface area is 330 Å². The molecule has 0 aromatic heterocycles. The Morgan fingerprint density at radius 2 is 1.35 bits per heavy atom. The normalized spacial score (nSPS) is 19.2. The Hall–Kier alpha value is -2.66. The zero-order valence-electron chi connectivity index (χ0n) is 33.5. The maximum Gasteiger partial charge on any atom is 0.469 e. The number of ether oxygens (including phenoxy) is 2. The van der Waals surface area contributed by atoms with E-state index in [1.54, 1.807) is 12.2 Å². The van der Waals surface area contributed by atoms with Crippen LogP contribution in [0.15, 0.2) is 60.8 Å². The van der Waals surface area contributed by atoms with Crippen LogP contribution in [0.1, 0.15) is 149 Å². The zero-order valence-corrected chi connectivity index (χ0v) is 34.4. The molecule has 0 aliphatic heterocycles. The molecule has 1 aliphatic carbocycles. The molecule has 0 aromatic carbocycles. The van der Waals surface area contributed by atoms with E-state index in [1.807, 2.05) is 12.2 Å².